The van der Waals surface area contributed by atoms with Crippen molar-refractivity contribution in [3.63, 3.8) is 0 Å². The van der Waals surface area contributed by atoms with Gasteiger partial charge in [0.2, 0.25) is 0 Å². The van der Waals surface area contributed by atoms with Gasteiger partial charge in [-0.2, -0.15) is 0 Å². The van der Waals surface area contributed by atoms with E-state index in [0.717, 1.165) is 57.8 Å². The van der Waals surface area contributed by atoms with Gasteiger partial charge in [-0.1, -0.05) is 0 Å². The van der Waals surface area contributed by atoms with E-state index in [2.05, 4.69) is 22.1 Å². The molecular weight excluding hydrogens is 416 g/mol. The Labute approximate surface area is 192 Å². The van der Waals surface area contributed by atoms with Gasteiger partial charge >= 0.3 is 5.97 Å². The van der Waals surface area contributed by atoms with Crippen LogP contribution in [0.3, 0.4) is 0 Å². The molecule has 2 saturated heterocycles. The van der Waals surface area contributed by atoms with Gasteiger partial charge in [0.05, 0.1) is 23.7 Å². The molecule has 0 N–H and O–H groups in total. The van der Waals surface area contributed by atoms with Crippen molar-refractivity contribution in [2.75, 3.05) is 13.7 Å². The third kappa shape index (κ3) is 5.11. The molecule has 2 heterocycles. The van der Waals surface area contributed by atoms with Crippen LogP contribution >= 0.6 is 23.8 Å². The third-order valence-electron chi connectivity index (χ3n) is 8.72. The van der Waals surface area contributed by atoms with Gasteiger partial charge in [0.15, 0.2) is 0 Å². The minimum absolute atomic E-state index is 0.0540. The molecule has 0 radical (unpaired) electrons. The normalized spacial score (nSPS) is 41.8. The summed E-state index contributed by atoms with van der Waals surface area (Å²) in [6.07, 6.45) is 13.6. The number of alkyl halides is 1. The lowest BCUT2D eigenvalue weighted by atomic mass is 9.68. The molecular formula is C24H37ClN2O2S. The Morgan fingerprint density at radius 3 is 2.53 bits per heavy atom. The Morgan fingerprint density at radius 1 is 1.10 bits per heavy atom. The smallest absolute Gasteiger partial charge is 0.310 e. The fourth-order valence-electron chi connectivity index (χ4n) is 6.89. The first-order valence-corrected chi connectivity index (χ1v) is 13.0. The summed E-state index contributed by atoms with van der Waals surface area (Å²) in [5, 5.41) is 2.86. The van der Waals surface area contributed by atoms with Crippen LogP contribution in [0.4, 0.5) is 0 Å². The second-order valence-electron chi connectivity index (χ2n) is 10.3. The van der Waals surface area contributed by atoms with Gasteiger partial charge < -0.3 is 4.74 Å². The van der Waals surface area contributed by atoms with Crippen LogP contribution in [0, 0.1) is 23.7 Å². The Kier molecular flexibility index (Phi) is 7.89. The number of esters is 1. The van der Waals surface area contributed by atoms with Crippen LogP contribution in [0.5, 0.6) is 0 Å². The molecule has 4 rings (SSSR count). The minimum atomic E-state index is 0.0540. The standard InChI is InChI=1S/C24H37ClN2O2S/c1-27-20-10-11-22(27)23(21(14-20)17-4-6-18(25)7-5-17)24(28)29-13-12-16-2-8-19(9-3-16)26-15-30/h16-23H,2-14H2,1H3/t16?,17?,18?,19?,20-,21-,22?,23?/m1/s1. The van der Waals surface area contributed by atoms with E-state index in [9.17, 15) is 4.79 Å². The number of halogens is 1. The van der Waals surface area contributed by atoms with Crippen molar-refractivity contribution in [1.82, 2.24) is 4.90 Å². The summed E-state index contributed by atoms with van der Waals surface area (Å²) in [6.45, 7) is 0.572. The number of rotatable bonds is 6. The predicted octanol–water partition coefficient (Wildman–Crippen LogP) is 5.48. The molecule has 2 aliphatic carbocycles. The second kappa shape index (κ2) is 10.4. The first-order valence-electron chi connectivity index (χ1n) is 12.2. The number of nitrogens with zero attached hydrogens (tertiary/aromatic N) is 2. The summed E-state index contributed by atoms with van der Waals surface area (Å²) in [4.78, 5) is 20.0. The van der Waals surface area contributed by atoms with Crippen LogP contribution in [-0.4, -0.2) is 53.2 Å². The molecule has 2 bridgehead atoms. The van der Waals surface area contributed by atoms with Gasteiger partial charge in [0.1, 0.15) is 0 Å². The molecule has 0 aromatic rings. The Balaban J connectivity index is 1.31. The van der Waals surface area contributed by atoms with Crippen molar-refractivity contribution >= 4 is 34.9 Å². The van der Waals surface area contributed by atoms with Crippen molar-refractivity contribution in [3.05, 3.63) is 0 Å². The van der Waals surface area contributed by atoms with E-state index in [0.29, 0.717) is 47.9 Å². The summed E-state index contributed by atoms with van der Waals surface area (Å²) in [7, 11) is 2.22. The molecule has 4 nitrogen and oxygen atoms in total. The fourth-order valence-corrected chi connectivity index (χ4v) is 7.29. The quantitative estimate of drug-likeness (QED) is 0.231. The number of thiocarbonyl (C=S) groups is 1. The second-order valence-corrected chi connectivity index (χ2v) is 11.1. The lowest BCUT2D eigenvalue weighted by Crippen LogP contribution is -2.52. The molecule has 4 fully saturated rings. The van der Waals surface area contributed by atoms with Crippen molar-refractivity contribution in [3.8, 4) is 0 Å². The van der Waals surface area contributed by atoms with E-state index in [1.54, 1.807) is 0 Å². The maximum absolute atomic E-state index is 13.3. The lowest BCUT2D eigenvalue weighted by Gasteiger charge is -2.46. The molecule has 0 spiro atoms. The van der Waals surface area contributed by atoms with Crippen LogP contribution in [-0.2, 0) is 9.53 Å². The molecule has 0 amide bonds. The zero-order chi connectivity index (χ0) is 21.1. The van der Waals surface area contributed by atoms with Crippen molar-refractivity contribution in [1.29, 1.82) is 0 Å². The van der Waals surface area contributed by atoms with Crippen molar-refractivity contribution in [2.45, 2.75) is 101 Å². The average Bonchev–Trinajstić information content (AvgIpc) is 2.98. The van der Waals surface area contributed by atoms with Gasteiger partial charge in [-0.25, -0.2) is 4.99 Å². The molecule has 30 heavy (non-hydrogen) atoms. The fraction of sp³-hybridized carbons (Fsp3) is 0.917. The Morgan fingerprint density at radius 2 is 1.83 bits per heavy atom. The maximum Gasteiger partial charge on any atom is 0.310 e. The highest BCUT2D eigenvalue weighted by Crippen LogP contribution is 2.48. The highest BCUT2D eigenvalue weighted by Gasteiger charge is 2.51. The summed E-state index contributed by atoms with van der Waals surface area (Å²) >= 11 is 11.1. The number of piperidine rings is 1. The molecule has 168 valence electrons. The molecule has 2 unspecified atom stereocenters. The molecule has 4 atom stereocenters. The molecule has 4 aliphatic rings. The van der Waals surface area contributed by atoms with Crippen LogP contribution in [0.1, 0.15) is 77.0 Å². The number of carbonyl (C=O) groups is 1. The zero-order valence-corrected chi connectivity index (χ0v) is 19.9. The zero-order valence-electron chi connectivity index (χ0n) is 18.3. The Bertz CT molecular complexity index is 639. The van der Waals surface area contributed by atoms with E-state index in [4.69, 9.17) is 28.6 Å². The van der Waals surface area contributed by atoms with Crippen LogP contribution in [0.15, 0.2) is 4.99 Å². The molecule has 0 aromatic heterocycles. The average molecular weight is 453 g/mol. The number of carbonyl (C=O) groups excluding carboxylic acids is 1. The number of hydrogen-bond acceptors (Lipinski definition) is 5. The molecule has 6 heteroatoms. The lowest BCUT2D eigenvalue weighted by molar-refractivity contribution is -0.157. The van der Waals surface area contributed by atoms with Gasteiger partial charge in [0.25, 0.3) is 0 Å². The largest absolute Gasteiger partial charge is 0.465 e. The predicted molar refractivity (Wildman–Crippen MR) is 124 cm³/mol. The van der Waals surface area contributed by atoms with E-state index in [1.807, 2.05) is 0 Å². The highest BCUT2D eigenvalue weighted by atomic mass is 35.5. The summed E-state index contributed by atoms with van der Waals surface area (Å²) in [5.41, 5.74) is 0. The number of aliphatic imine (C=N–C) groups is 1. The summed E-state index contributed by atoms with van der Waals surface area (Å²) in [6, 6.07) is 1.39. The van der Waals surface area contributed by atoms with E-state index in [1.165, 1.54) is 19.3 Å². The number of isothiocyanates is 1. The number of ether oxygens (including phenoxy) is 1. The number of hydrogen-bond donors (Lipinski definition) is 0. The molecule has 2 aliphatic heterocycles. The summed E-state index contributed by atoms with van der Waals surface area (Å²) < 4.78 is 5.96. The topological polar surface area (TPSA) is 41.9 Å². The maximum atomic E-state index is 13.3. The van der Waals surface area contributed by atoms with E-state index >= 15 is 0 Å². The van der Waals surface area contributed by atoms with Crippen molar-refractivity contribution in [2.24, 2.45) is 28.7 Å². The van der Waals surface area contributed by atoms with Gasteiger partial charge in [-0.15, -0.1) is 11.6 Å². The van der Waals surface area contributed by atoms with Gasteiger partial charge in [0, 0.05) is 17.5 Å². The summed E-state index contributed by atoms with van der Waals surface area (Å²) in [5.74, 6) is 1.90. The van der Waals surface area contributed by atoms with Gasteiger partial charge in [-0.3, -0.25) is 9.69 Å². The first kappa shape index (κ1) is 22.7. The third-order valence-corrected chi connectivity index (χ3v) is 9.26. The number of fused-ring (bicyclic) bond motifs is 2. The Hall–Kier alpha value is -0.480. The van der Waals surface area contributed by atoms with Gasteiger partial charge in [-0.05, 0) is 114 Å². The SMILES string of the molecule is CN1C2CC[C@@H]1C[C@H](C1CCC(Cl)CC1)C2C(=O)OCCC1CCC(N=C=S)CC1. The van der Waals surface area contributed by atoms with Crippen LogP contribution < -0.4 is 0 Å². The van der Waals surface area contributed by atoms with E-state index < -0.39 is 0 Å². The molecule has 2 saturated carbocycles. The molecule has 0 aromatic carbocycles. The van der Waals surface area contributed by atoms with Crippen LogP contribution in [0.25, 0.3) is 0 Å². The first-order chi connectivity index (χ1) is 14.6. The van der Waals surface area contributed by atoms with Crippen LogP contribution in [0.2, 0.25) is 0 Å². The minimum Gasteiger partial charge on any atom is -0.465 e. The van der Waals surface area contributed by atoms with E-state index in [-0.39, 0.29) is 11.9 Å². The monoisotopic (exact) mass is 452 g/mol. The van der Waals surface area contributed by atoms with Crippen molar-refractivity contribution < 1.29 is 9.53 Å². The highest BCUT2D eigenvalue weighted by molar-refractivity contribution is 7.78.